The molecular weight excluding hydrogens is 450 g/mol. The number of tetrazole rings is 1. The van der Waals surface area contributed by atoms with Gasteiger partial charge < -0.3 is 19.1 Å². The maximum Gasteiger partial charge on any atom is 0.508 e. The molecule has 2 fully saturated rings. The average Bonchev–Trinajstić information content (AvgIpc) is 3.43. The van der Waals surface area contributed by atoms with Crippen molar-refractivity contribution < 1.29 is 28.6 Å². The summed E-state index contributed by atoms with van der Waals surface area (Å²) in [6.45, 7) is 9.83. The summed E-state index contributed by atoms with van der Waals surface area (Å²) in [6.07, 6.45) is 6.05. The van der Waals surface area contributed by atoms with Crippen LogP contribution in [0.3, 0.4) is 0 Å². The predicted molar refractivity (Wildman–Crippen MR) is 119 cm³/mol. The van der Waals surface area contributed by atoms with Crippen LogP contribution in [0.2, 0.25) is 0 Å². The Balaban J connectivity index is 1.59. The molecule has 4 atom stereocenters. The zero-order valence-electron chi connectivity index (χ0n) is 18.6. The Kier molecular flexibility index (Phi) is 8.48. The Morgan fingerprint density at radius 1 is 1.27 bits per heavy atom. The van der Waals surface area contributed by atoms with Crippen LogP contribution in [-0.4, -0.2) is 79.1 Å². The number of β-lactam (4-membered cyclic amide) rings is 1. The number of thioether (sulfide) groups is 1. The Morgan fingerprint density at radius 3 is 2.73 bits per heavy atom. The number of carbonyl (C=O) groups is 3. The minimum Gasteiger partial charge on any atom is -0.460 e. The summed E-state index contributed by atoms with van der Waals surface area (Å²) in [5.41, 5.74) is 0. The van der Waals surface area contributed by atoms with Crippen LogP contribution in [0.5, 0.6) is 0 Å². The highest BCUT2D eigenvalue weighted by Gasteiger charge is 2.63. The van der Waals surface area contributed by atoms with E-state index >= 15 is 0 Å². The smallest absolute Gasteiger partial charge is 0.460 e. The van der Waals surface area contributed by atoms with E-state index < -0.39 is 22.9 Å². The van der Waals surface area contributed by atoms with Gasteiger partial charge in [0.1, 0.15) is 36.3 Å². The summed E-state index contributed by atoms with van der Waals surface area (Å²) in [5, 5.41) is 10.8. The van der Waals surface area contributed by atoms with Crippen molar-refractivity contribution in [3.63, 3.8) is 0 Å². The highest BCUT2D eigenvalue weighted by molar-refractivity contribution is 8.02. The minimum atomic E-state index is -0.865. The molecule has 12 heteroatoms. The Labute approximate surface area is 196 Å². The van der Waals surface area contributed by atoms with Crippen molar-refractivity contribution in [2.75, 3.05) is 19.8 Å². The van der Waals surface area contributed by atoms with Crippen molar-refractivity contribution in [1.82, 2.24) is 25.1 Å². The van der Waals surface area contributed by atoms with Crippen molar-refractivity contribution in [3.8, 4) is 0 Å². The van der Waals surface area contributed by atoms with Crippen LogP contribution in [-0.2, 0) is 30.3 Å². The van der Waals surface area contributed by atoms with E-state index in [4.69, 9.17) is 14.2 Å². The number of hydrogen-bond donors (Lipinski definition) is 0. The number of fused-ring (bicyclic) bond motifs is 1. The fourth-order valence-corrected chi connectivity index (χ4v) is 5.86. The van der Waals surface area contributed by atoms with Gasteiger partial charge in [0.15, 0.2) is 0 Å². The van der Waals surface area contributed by atoms with Gasteiger partial charge >= 0.3 is 12.1 Å². The zero-order chi connectivity index (χ0) is 23.8. The maximum absolute atomic E-state index is 13.0. The lowest BCUT2D eigenvalue weighted by Gasteiger charge is -2.43. The predicted octanol–water partition coefficient (Wildman–Crippen LogP) is 1.96. The van der Waals surface area contributed by atoms with Crippen LogP contribution < -0.4 is 0 Å². The highest BCUT2D eigenvalue weighted by atomic mass is 32.2. The van der Waals surface area contributed by atoms with Gasteiger partial charge in [-0.15, -0.1) is 16.9 Å². The second kappa shape index (κ2) is 11.3. The third-order valence-electron chi connectivity index (χ3n) is 5.63. The van der Waals surface area contributed by atoms with Crippen molar-refractivity contribution >= 4 is 29.8 Å². The normalized spacial score (nSPS) is 24.4. The van der Waals surface area contributed by atoms with Gasteiger partial charge in [0.2, 0.25) is 5.91 Å². The molecule has 33 heavy (non-hydrogen) atoms. The van der Waals surface area contributed by atoms with Crippen LogP contribution >= 0.6 is 11.8 Å². The number of esters is 1. The lowest BCUT2D eigenvalue weighted by Crippen LogP contribution is -2.61. The molecule has 1 unspecified atom stereocenters. The molecule has 0 bridgehead atoms. The molecule has 2 aliphatic heterocycles. The van der Waals surface area contributed by atoms with Gasteiger partial charge in [0.05, 0.1) is 5.37 Å². The van der Waals surface area contributed by atoms with Gasteiger partial charge in [-0.05, 0) is 30.2 Å². The Hall–Kier alpha value is -2.89. The number of nitrogens with zero attached hydrogens (tertiary/aromatic N) is 5. The fourth-order valence-electron chi connectivity index (χ4n) is 3.98. The monoisotopic (exact) mass is 479 g/mol. The summed E-state index contributed by atoms with van der Waals surface area (Å²) < 4.78 is 16.3. The molecular formula is C21H29N5O6S. The number of carbonyl (C=O) groups excluding carboxylic acids is 3. The molecule has 180 valence electrons. The van der Waals surface area contributed by atoms with E-state index in [1.807, 2.05) is 0 Å². The van der Waals surface area contributed by atoms with Gasteiger partial charge in [-0.1, -0.05) is 38.2 Å². The Bertz CT molecular complexity index is 865. The lowest BCUT2D eigenvalue weighted by molar-refractivity contribution is -0.157. The maximum atomic E-state index is 13.0. The van der Waals surface area contributed by atoms with Gasteiger partial charge in [-0.3, -0.25) is 9.59 Å². The van der Waals surface area contributed by atoms with E-state index in [2.05, 4.69) is 28.7 Å². The molecule has 0 aliphatic carbocycles. The molecule has 1 aromatic heterocycles. The number of aromatic nitrogens is 4. The van der Waals surface area contributed by atoms with Gasteiger partial charge in [-0.2, -0.15) is 0 Å². The summed E-state index contributed by atoms with van der Waals surface area (Å²) >= 11 is 1.42. The third-order valence-corrected chi connectivity index (χ3v) is 7.37. The highest BCUT2D eigenvalue weighted by Crippen LogP contribution is 2.53. The molecule has 11 nitrogen and oxygen atoms in total. The first-order valence-electron chi connectivity index (χ1n) is 10.8. The van der Waals surface area contributed by atoms with E-state index in [1.54, 1.807) is 22.8 Å². The number of ether oxygens (including phenoxy) is 3. The zero-order valence-corrected chi connectivity index (χ0v) is 19.4. The fraction of sp³-hybridized carbons (Fsp3) is 0.619. The number of unbranched alkanes of at least 4 members (excludes halogenated alkanes) is 2. The Morgan fingerprint density at radius 2 is 2.03 bits per heavy atom. The van der Waals surface area contributed by atoms with Crippen LogP contribution in [0.4, 0.5) is 4.79 Å². The molecule has 3 heterocycles. The number of rotatable bonds is 13. The molecule has 0 radical (unpaired) electrons. The summed E-state index contributed by atoms with van der Waals surface area (Å²) in [7, 11) is 0. The van der Waals surface area contributed by atoms with Gasteiger partial charge in [0, 0.05) is 13.1 Å². The lowest BCUT2D eigenvalue weighted by atomic mass is 9.90. The summed E-state index contributed by atoms with van der Waals surface area (Å²) in [6, 6.07) is 0. The molecule has 0 saturated carbocycles. The van der Waals surface area contributed by atoms with Crippen LogP contribution in [0, 0.1) is 5.92 Å². The van der Waals surface area contributed by atoms with Gasteiger partial charge in [-0.25, -0.2) is 9.48 Å². The van der Waals surface area contributed by atoms with E-state index in [0.717, 1.165) is 19.3 Å². The largest absolute Gasteiger partial charge is 0.508 e. The second-order valence-electron chi connectivity index (χ2n) is 7.94. The van der Waals surface area contributed by atoms with Gasteiger partial charge in [0.25, 0.3) is 0 Å². The quantitative estimate of drug-likeness (QED) is 0.179. The summed E-state index contributed by atoms with van der Waals surface area (Å²) in [4.78, 5) is 39.2. The van der Waals surface area contributed by atoms with Crippen LogP contribution in [0.1, 0.15) is 32.6 Å². The molecule has 1 aromatic rings. The SMILES string of the molecule is C=CCOC(=O)O[C@H](C)[C@H]1C(=O)N2CC(CCCCCn3cnnn3)(C(=O)OCC=C)S[C@H]12. The molecule has 1 amide bonds. The number of amides is 1. The third kappa shape index (κ3) is 5.73. The molecule has 2 saturated heterocycles. The minimum absolute atomic E-state index is 0.0279. The van der Waals surface area contributed by atoms with Crippen LogP contribution in [0.25, 0.3) is 0 Å². The first kappa shape index (κ1) is 24.7. The number of hydrogen-bond acceptors (Lipinski definition) is 10. The van der Waals surface area contributed by atoms with E-state index in [9.17, 15) is 14.4 Å². The second-order valence-corrected chi connectivity index (χ2v) is 9.44. The van der Waals surface area contributed by atoms with Crippen molar-refractivity contribution in [1.29, 1.82) is 0 Å². The average molecular weight is 480 g/mol. The number of aryl methyl sites for hydroxylation is 1. The topological polar surface area (TPSA) is 126 Å². The molecule has 0 spiro atoms. The summed E-state index contributed by atoms with van der Waals surface area (Å²) in [5.74, 6) is -1.04. The standard InChI is InChI=1S/C21H29N5O6S/c1-4-11-30-19(28)21(9-7-6-8-10-25-14-22-23-24-25)13-26-17(27)16(18(26)33-21)15(3)32-20(29)31-12-5-2/h4-5,14-16,18H,1-2,6-13H2,3H3/t15-,16+,18-,21?/m1/s1. The van der Waals surface area contributed by atoms with Crippen molar-refractivity contribution in [2.45, 2.75) is 55.4 Å². The molecule has 0 N–H and O–H groups in total. The van der Waals surface area contributed by atoms with E-state index in [0.29, 0.717) is 13.0 Å². The first-order valence-corrected chi connectivity index (χ1v) is 11.7. The molecule has 0 aromatic carbocycles. The van der Waals surface area contributed by atoms with Crippen molar-refractivity contribution in [2.24, 2.45) is 5.92 Å². The molecule has 2 aliphatic rings. The first-order chi connectivity index (χ1) is 15.9. The molecule has 3 rings (SSSR count). The van der Waals surface area contributed by atoms with Crippen LogP contribution in [0.15, 0.2) is 31.6 Å². The van der Waals surface area contributed by atoms with E-state index in [-0.39, 0.29) is 37.0 Å². The van der Waals surface area contributed by atoms with E-state index in [1.165, 1.54) is 23.9 Å². The van der Waals surface area contributed by atoms with Crippen molar-refractivity contribution in [3.05, 3.63) is 31.6 Å².